The fourth-order valence-electron chi connectivity index (χ4n) is 5.52. The van der Waals surface area contributed by atoms with Crippen LogP contribution >= 0.6 is 11.8 Å². The summed E-state index contributed by atoms with van der Waals surface area (Å²) in [4.78, 5) is 65.1. The summed E-state index contributed by atoms with van der Waals surface area (Å²) in [6, 6.07) is 16.3. The van der Waals surface area contributed by atoms with E-state index < -0.39 is 72.0 Å². The van der Waals surface area contributed by atoms with Gasteiger partial charge in [0.1, 0.15) is 34.8 Å². The fraction of sp³-hybridized carbons (Fsp3) is 0.378. The topological polar surface area (TPSA) is 155 Å². The van der Waals surface area contributed by atoms with Crippen LogP contribution in [0.25, 0.3) is 0 Å². The van der Waals surface area contributed by atoms with Crippen molar-refractivity contribution in [1.82, 2.24) is 15.5 Å². The molecule has 1 heterocycles. The van der Waals surface area contributed by atoms with Crippen molar-refractivity contribution in [3.05, 3.63) is 95.6 Å². The van der Waals surface area contributed by atoms with Crippen LogP contribution < -0.4 is 20.3 Å². The molecule has 1 fully saturated rings. The number of hydrogen-bond donors (Lipinski definition) is 3. The molecule has 15 heteroatoms. The molecule has 4 atom stereocenters. The van der Waals surface area contributed by atoms with Crippen molar-refractivity contribution in [2.45, 2.75) is 49.6 Å². The van der Waals surface area contributed by atoms with Gasteiger partial charge in [0.25, 0.3) is 5.91 Å². The van der Waals surface area contributed by atoms with Gasteiger partial charge in [-0.2, -0.15) is 0 Å². The van der Waals surface area contributed by atoms with Crippen LogP contribution in [-0.4, -0.2) is 90.5 Å². The van der Waals surface area contributed by atoms with Gasteiger partial charge >= 0.3 is 11.9 Å². The Labute approximate surface area is 304 Å². The minimum atomic E-state index is -1.15. The third-order valence-electron chi connectivity index (χ3n) is 8.15. The van der Waals surface area contributed by atoms with Gasteiger partial charge in [-0.05, 0) is 99.6 Å². The number of nitrogens with zero attached hydrogens (tertiary/aromatic N) is 2. The Balaban J connectivity index is 1.36. The van der Waals surface area contributed by atoms with Crippen LogP contribution in [-0.2, 0) is 28.7 Å². The van der Waals surface area contributed by atoms with Crippen molar-refractivity contribution in [3.63, 3.8) is 0 Å². The molecule has 0 aromatic heterocycles. The predicted molar refractivity (Wildman–Crippen MR) is 191 cm³/mol. The summed E-state index contributed by atoms with van der Waals surface area (Å²) < 4.78 is 38.4. The summed E-state index contributed by atoms with van der Waals surface area (Å²) in [5.74, 6) is -3.49. The average molecular weight is 741 g/mol. The molecule has 1 unspecified atom stereocenters. The van der Waals surface area contributed by atoms with Crippen LogP contribution in [0.4, 0.5) is 14.5 Å². The molecule has 3 amide bonds. The molecule has 1 aliphatic heterocycles. The van der Waals surface area contributed by atoms with Gasteiger partial charge in [0.15, 0.2) is 6.61 Å². The van der Waals surface area contributed by atoms with E-state index in [1.807, 2.05) is 19.0 Å². The number of esters is 1. The van der Waals surface area contributed by atoms with Crippen LogP contribution in [0, 0.1) is 11.6 Å². The summed E-state index contributed by atoms with van der Waals surface area (Å²) in [5, 5.41) is 13.7. The predicted octanol–water partition coefficient (Wildman–Crippen LogP) is 4.26. The molecule has 0 aliphatic carbocycles. The number of ether oxygens (including phenoxy) is 2. The average Bonchev–Trinajstić information content (AvgIpc) is 3.10. The molecule has 3 aromatic carbocycles. The molecule has 1 aliphatic rings. The Hall–Kier alpha value is -5.02. The molecule has 0 radical (unpaired) electrons. The molecule has 278 valence electrons. The lowest BCUT2D eigenvalue weighted by atomic mass is 9.92. The number of rotatable bonds is 19. The summed E-state index contributed by atoms with van der Waals surface area (Å²) in [7, 11) is 3.84. The number of anilines is 1. The quantitative estimate of drug-likeness (QED) is 0.0924. The van der Waals surface area contributed by atoms with Gasteiger partial charge in [-0.15, -0.1) is 11.8 Å². The lowest BCUT2D eigenvalue weighted by molar-refractivity contribution is -0.145. The van der Waals surface area contributed by atoms with Crippen molar-refractivity contribution in [1.29, 1.82) is 0 Å². The third kappa shape index (κ3) is 11.5. The van der Waals surface area contributed by atoms with Crippen LogP contribution in [0.2, 0.25) is 0 Å². The van der Waals surface area contributed by atoms with Crippen LogP contribution in [0.15, 0.2) is 72.8 Å². The first-order chi connectivity index (χ1) is 24.8. The highest BCUT2D eigenvalue weighted by Gasteiger charge is 2.49. The number of benzene rings is 3. The van der Waals surface area contributed by atoms with Gasteiger partial charge < -0.3 is 35.0 Å². The van der Waals surface area contributed by atoms with Crippen molar-refractivity contribution in [3.8, 4) is 5.75 Å². The Kier molecular flexibility index (Phi) is 14.5. The molecule has 4 rings (SSSR count). The number of hydrogen-bond acceptors (Lipinski definition) is 9. The number of amides is 3. The highest BCUT2D eigenvalue weighted by molar-refractivity contribution is 8.00. The van der Waals surface area contributed by atoms with Crippen LogP contribution in [0.1, 0.15) is 49.5 Å². The van der Waals surface area contributed by atoms with Crippen molar-refractivity contribution >= 4 is 47.1 Å². The molecule has 12 nitrogen and oxygen atoms in total. The highest BCUT2D eigenvalue weighted by atomic mass is 32.2. The number of β-lactam (4-membered cyclic amide) rings is 1. The minimum absolute atomic E-state index is 0.206. The van der Waals surface area contributed by atoms with E-state index in [1.165, 1.54) is 67.2 Å². The second kappa shape index (κ2) is 19.0. The Morgan fingerprint density at radius 3 is 2.15 bits per heavy atom. The Morgan fingerprint density at radius 2 is 1.56 bits per heavy atom. The maximum absolute atomic E-state index is 13.7. The van der Waals surface area contributed by atoms with Crippen molar-refractivity contribution < 1.29 is 47.3 Å². The second-order valence-corrected chi connectivity index (χ2v) is 13.6. The number of carboxylic acid groups (broad SMARTS) is 1. The largest absolute Gasteiger partial charge is 0.484 e. The SMILES string of the molecule is CC(=O)OC(CS[C@H]1C(=O)N(c2ccc(F)cc2)[C@@H]1c1ccc(OCC(=O)NCC(=O)N[C@@H](CCCCN(C)C)C(=O)O)cc1)c1ccc(F)cc1. The molecule has 52 heavy (non-hydrogen) atoms. The van der Waals surface area contributed by atoms with Crippen LogP contribution in [0.5, 0.6) is 5.75 Å². The van der Waals surface area contributed by atoms with Gasteiger partial charge in [0.2, 0.25) is 11.8 Å². The first-order valence-corrected chi connectivity index (χ1v) is 17.7. The zero-order chi connectivity index (χ0) is 37.8. The number of nitrogens with one attached hydrogen (secondary N) is 2. The fourth-order valence-corrected chi connectivity index (χ4v) is 6.88. The summed E-state index contributed by atoms with van der Waals surface area (Å²) in [5.41, 5.74) is 1.78. The second-order valence-electron chi connectivity index (χ2n) is 12.4. The van der Waals surface area contributed by atoms with Gasteiger partial charge in [0.05, 0.1) is 12.6 Å². The molecular weight excluding hydrogens is 698 g/mol. The van der Waals surface area contributed by atoms with E-state index in [1.54, 1.807) is 29.2 Å². The monoisotopic (exact) mass is 740 g/mol. The standard InChI is InChI=1S/C37H42F2N4O8S/c1-23(44)51-31(24-7-11-26(38)12-8-24)22-52-35-34(43(36(35)47)28-15-13-27(39)14-16-28)25-9-17-29(18-10-25)50-21-33(46)40-20-32(45)41-30(37(48)49)6-4-5-19-42(2)3/h7-18,30-31,34-35H,4-6,19-22H2,1-3H3,(H,40,46)(H,41,45)(H,48,49)/t30-,31?,34+,35+/m0/s1. The molecule has 3 aromatic rings. The van der Waals surface area contributed by atoms with E-state index in [0.29, 0.717) is 23.4 Å². The molecule has 0 bridgehead atoms. The summed E-state index contributed by atoms with van der Waals surface area (Å²) in [6.45, 7) is 1.23. The zero-order valence-corrected chi connectivity index (χ0v) is 29.9. The number of unbranched alkanes of at least 4 members (excludes halogenated alkanes) is 1. The smallest absolute Gasteiger partial charge is 0.326 e. The van der Waals surface area contributed by atoms with Gasteiger partial charge in [-0.1, -0.05) is 24.3 Å². The molecule has 0 spiro atoms. The normalized spacial score (nSPS) is 16.4. The zero-order valence-electron chi connectivity index (χ0n) is 29.1. The Bertz CT molecular complexity index is 1690. The van der Waals surface area contributed by atoms with Crippen molar-refractivity contribution in [2.24, 2.45) is 0 Å². The van der Waals surface area contributed by atoms with Gasteiger partial charge in [-0.3, -0.25) is 19.2 Å². The van der Waals surface area contributed by atoms with E-state index in [4.69, 9.17) is 9.47 Å². The number of carbonyl (C=O) groups is 5. The maximum Gasteiger partial charge on any atom is 0.326 e. The lowest BCUT2D eigenvalue weighted by Gasteiger charge is -2.47. The van der Waals surface area contributed by atoms with E-state index in [9.17, 15) is 37.9 Å². The van der Waals surface area contributed by atoms with E-state index in [0.717, 1.165) is 18.5 Å². The van der Waals surface area contributed by atoms with Gasteiger partial charge in [0, 0.05) is 18.4 Å². The molecule has 1 saturated heterocycles. The number of aliphatic carboxylic acids is 1. The summed E-state index contributed by atoms with van der Waals surface area (Å²) in [6.07, 6.45) is 0.927. The summed E-state index contributed by atoms with van der Waals surface area (Å²) >= 11 is 1.27. The first-order valence-electron chi connectivity index (χ1n) is 16.6. The highest BCUT2D eigenvalue weighted by Crippen LogP contribution is 2.46. The lowest BCUT2D eigenvalue weighted by Crippen LogP contribution is -2.57. The Morgan fingerprint density at radius 1 is 0.923 bits per heavy atom. The minimum Gasteiger partial charge on any atom is -0.484 e. The van der Waals surface area contributed by atoms with E-state index in [2.05, 4.69) is 10.6 Å². The van der Waals surface area contributed by atoms with E-state index in [-0.39, 0.29) is 18.1 Å². The molecule has 3 N–H and O–H groups in total. The van der Waals surface area contributed by atoms with Crippen molar-refractivity contribution in [2.75, 3.05) is 44.4 Å². The number of carbonyl (C=O) groups excluding carboxylic acids is 4. The van der Waals surface area contributed by atoms with Gasteiger partial charge in [-0.25, -0.2) is 13.6 Å². The third-order valence-corrected chi connectivity index (χ3v) is 9.46. The van der Waals surface area contributed by atoms with Crippen LogP contribution in [0.3, 0.4) is 0 Å². The number of carboxylic acids is 1. The molecular formula is C37H42F2N4O8S. The number of thioether (sulfide) groups is 1. The van der Waals surface area contributed by atoms with E-state index >= 15 is 0 Å². The molecule has 0 saturated carbocycles. The maximum atomic E-state index is 13.7. The number of halogens is 2. The first kappa shape index (κ1) is 39.8.